The number of hydrogen-bond acceptors (Lipinski definition) is 6. The lowest BCUT2D eigenvalue weighted by Gasteiger charge is -2.08. The normalized spacial score (nSPS) is 10.6. The van der Waals surface area contributed by atoms with Gasteiger partial charge in [-0.15, -0.1) is 28.2 Å². The van der Waals surface area contributed by atoms with Crippen LogP contribution >= 0.6 is 23.1 Å². The first-order chi connectivity index (χ1) is 15.2. The van der Waals surface area contributed by atoms with Gasteiger partial charge in [-0.3, -0.25) is 4.79 Å². The van der Waals surface area contributed by atoms with Gasteiger partial charge in [-0.05, 0) is 47.8 Å². The van der Waals surface area contributed by atoms with Gasteiger partial charge in [0, 0.05) is 17.1 Å². The van der Waals surface area contributed by atoms with E-state index in [2.05, 4.69) is 21.5 Å². The average Bonchev–Trinajstić information content (AvgIpc) is 3.46. The van der Waals surface area contributed by atoms with Crippen LogP contribution in [-0.4, -0.2) is 26.4 Å². The number of aromatic nitrogens is 3. The summed E-state index contributed by atoms with van der Waals surface area (Å²) in [6.45, 7) is 0. The van der Waals surface area contributed by atoms with Gasteiger partial charge < -0.3 is 5.32 Å². The van der Waals surface area contributed by atoms with E-state index in [9.17, 15) is 9.18 Å². The predicted octanol–water partition coefficient (Wildman–Crippen LogP) is 5.39. The summed E-state index contributed by atoms with van der Waals surface area (Å²) in [4.78, 5) is 19.1. The van der Waals surface area contributed by atoms with Crippen LogP contribution in [0, 0.1) is 17.1 Å². The number of halogens is 1. The Bertz CT molecular complexity index is 1230. The number of para-hydroxylation sites is 1. The Balaban J connectivity index is 1.65. The highest BCUT2D eigenvalue weighted by Crippen LogP contribution is 2.29. The van der Waals surface area contributed by atoms with Crippen LogP contribution in [-0.2, 0) is 0 Å². The van der Waals surface area contributed by atoms with Crippen LogP contribution in [0.4, 0.5) is 10.1 Å². The summed E-state index contributed by atoms with van der Waals surface area (Å²) in [5, 5.41) is 17.9. The van der Waals surface area contributed by atoms with Crippen molar-refractivity contribution in [1.29, 1.82) is 5.26 Å². The first-order valence-electron chi connectivity index (χ1n) is 9.32. The standard InChI is InChI=1S/C22H16FN5OS2/c23-15-8-10-16(11-9-15)28-21(19-7-3-13-31-19)26-20(27-28)22(29)25-17-5-1-2-6-18(17)30-14-4-12-24/h1-3,5-11,13H,4,14H2,(H,25,29). The second-order valence-electron chi connectivity index (χ2n) is 6.33. The highest BCUT2D eigenvalue weighted by molar-refractivity contribution is 7.99. The summed E-state index contributed by atoms with van der Waals surface area (Å²) in [6, 6.07) is 19.1. The monoisotopic (exact) mass is 449 g/mol. The van der Waals surface area contributed by atoms with Crippen LogP contribution in [0.3, 0.4) is 0 Å². The molecule has 154 valence electrons. The van der Waals surface area contributed by atoms with E-state index in [0.29, 0.717) is 29.4 Å². The number of rotatable bonds is 7. The smallest absolute Gasteiger partial charge is 0.295 e. The molecule has 0 fully saturated rings. The topological polar surface area (TPSA) is 83.6 Å². The zero-order valence-electron chi connectivity index (χ0n) is 16.2. The zero-order chi connectivity index (χ0) is 21.6. The molecule has 2 aromatic heterocycles. The number of nitrogens with one attached hydrogen (secondary N) is 1. The summed E-state index contributed by atoms with van der Waals surface area (Å²) in [7, 11) is 0. The maximum atomic E-state index is 13.4. The van der Waals surface area contributed by atoms with E-state index in [-0.39, 0.29) is 11.6 Å². The maximum Gasteiger partial charge on any atom is 0.295 e. The molecule has 0 unspecified atom stereocenters. The van der Waals surface area contributed by atoms with Gasteiger partial charge in [0.25, 0.3) is 5.91 Å². The third-order valence-corrected chi connectivity index (χ3v) is 6.17. The SMILES string of the molecule is N#CCCSc1ccccc1NC(=O)c1nc(-c2cccs2)n(-c2ccc(F)cc2)n1. The van der Waals surface area contributed by atoms with Crippen LogP contribution in [0.1, 0.15) is 17.0 Å². The number of nitriles is 1. The van der Waals surface area contributed by atoms with Crippen LogP contribution in [0.5, 0.6) is 0 Å². The van der Waals surface area contributed by atoms with Gasteiger partial charge in [0.2, 0.25) is 5.82 Å². The first-order valence-corrected chi connectivity index (χ1v) is 11.2. The lowest BCUT2D eigenvalue weighted by atomic mass is 10.3. The summed E-state index contributed by atoms with van der Waals surface area (Å²) < 4.78 is 14.9. The van der Waals surface area contributed by atoms with E-state index >= 15 is 0 Å². The van der Waals surface area contributed by atoms with Gasteiger partial charge in [-0.2, -0.15) is 5.26 Å². The molecule has 0 saturated carbocycles. The molecule has 1 N–H and O–H groups in total. The zero-order valence-corrected chi connectivity index (χ0v) is 17.8. The molecule has 9 heteroatoms. The number of thioether (sulfide) groups is 1. The fourth-order valence-corrected chi connectivity index (χ4v) is 4.38. The van der Waals surface area contributed by atoms with Crippen LogP contribution in [0.15, 0.2) is 70.9 Å². The van der Waals surface area contributed by atoms with Crippen molar-refractivity contribution >= 4 is 34.7 Å². The second-order valence-corrected chi connectivity index (χ2v) is 8.42. The Morgan fingerprint density at radius 2 is 1.97 bits per heavy atom. The number of hydrogen-bond donors (Lipinski definition) is 1. The van der Waals surface area contributed by atoms with Gasteiger partial charge in [-0.25, -0.2) is 14.1 Å². The number of anilines is 1. The molecule has 1 amide bonds. The highest BCUT2D eigenvalue weighted by atomic mass is 32.2. The van der Waals surface area contributed by atoms with Crippen LogP contribution in [0.2, 0.25) is 0 Å². The second kappa shape index (κ2) is 9.55. The lowest BCUT2D eigenvalue weighted by molar-refractivity contribution is 0.101. The predicted molar refractivity (Wildman–Crippen MR) is 120 cm³/mol. The number of carbonyl (C=O) groups excluding carboxylic acids is 1. The van der Waals surface area contributed by atoms with Crippen molar-refractivity contribution in [1.82, 2.24) is 14.8 Å². The molecule has 0 spiro atoms. The van der Waals surface area contributed by atoms with Crippen molar-refractivity contribution in [2.24, 2.45) is 0 Å². The van der Waals surface area contributed by atoms with Crippen molar-refractivity contribution in [3.63, 3.8) is 0 Å². The van der Waals surface area contributed by atoms with Gasteiger partial charge in [-0.1, -0.05) is 18.2 Å². The fourth-order valence-electron chi connectivity index (χ4n) is 2.82. The summed E-state index contributed by atoms with van der Waals surface area (Å²) >= 11 is 2.97. The largest absolute Gasteiger partial charge is 0.318 e. The molecule has 4 aromatic rings. The van der Waals surface area contributed by atoms with Gasteiger partial charge in [0.1, 0.15) is 5.82 Å². The van der Waals surface area contributed by atoms with Gasteiger partial charge in [0.05, 0.1) is 22.3 Å². The summed E-state index contributed by atoms with van der Waals surface area (Å²) in [5.74, 6) is 0.327. The van der Waals surface area contributed by atoms with Gasteiger partial charge >= 0.3 is 0 Å². The van der Waals surface area contributed by atoms with Crippen molar-refractivity contribution in [2.75, 3.05) is 11.1 Å². The minimum Gasteiger partial charge on any atom is -0.318 e. The molecule has 0 atom stereocenters. The number of nitrogens with zero attached hydrogens (tertiary/aromatic N) is 4. The van der Waals surface area contributed by atoms with Crippen LogP contribution < -0.4 is 5.32 Å². The molecule has 2 aromatic carbocycles. The number of benzene rings is 2. The molecular weight excluding hydrogens is 433 g/mol. The molecule has 6 nitrogen and oxygen atoms in total. The van der Waals surface area contributed by atoms with E-state index in [1.54, 1.807) is 18.2 Å². The Morgan fingerprint density at radius 1 is 1.16 bits per heavy atom. The minimum atomic E-state index is -0.452. The molecule has 4 rings (SSSR count). The molecule has 0 aliphatic heterocycles. The van der Waals surface area contributed by atoms with E-state index in [1.165, 1.54) is 39.9 Å². The molecule has 31 heavy (non-hydrogen) atoms. The molecular formula is C22H16FN5OS2. The highest BCUT2D eigenvalue weighted by Gasteiger charge is 2.20. The molecule has 0 radical (unpaired) electrons. The molecule has 0 aliphatic carbocycles. The Kier molecular flexibility index (Phi) is 6.40. The fraction of sp³-hybridized carbons (Fsp3) is 0.0909. The quantitative estimate of drug-likeness (QED) is 0.302. The minimum absolute atomic E-state index is 0.00422. The van der Waals surface area contributed by atoms with Crippen molar-refractivity contribution in [3.8, 4) is 22.5 Å². The van der Waals surface area contributed by atoms with Gasteiger partial charge in [0.15, 0.2) is 5.82 Å². The number of amides is 1. The summed E-state index contributed by atoms with van der Waals surface area (Å²) in [5.41, 5.74) is 1.23. The van der Waals surface area contributed by atoms with Crippen LogP contribution in [0.25, 0.3) is 16.4 Å². The van der Waals surface area contributed by atoms with E-state index < -0.39 is 5.91 Å². The number of thiophene rings is 1. The lowest BCUT2D eigenvalue weighted by Crippen LogP contribution is -2.15. The van der Waals surface area contributed by atoms with E-state index in [0.717, 1.165) is 9.77 Å². The molecule has 0 bridgehead atoms. The average molecular weight is 450 g/mol. The summed E-state index contributed by atoms with van der Waals surface area (Å²) in [6.07, 6.45) is 0.417. The first kappa shape index (κ1) is 20.8. The Morgan fingerprint density at radius 3 is 2.71 bits per heavy atom. The van der Waals surface area contributed by atoms with E-state index in [1.807, 2.05) is 35.7 Å². The Labute approximate surface area is 186 Å². The third kappa shape index (κ3) is 4.82. The van der Waals surface area contributed by atoms with E-state index in [4.69, 9.17) is 5.26 Å². The maximum absolute atomic E-state index is 13.4. The molecule has 0 saturated heterocycles. The number of carbonyl (C=O) groups is 1. The molecule has 2 heterocycles. The van der Waals surface area contributed by atoms with Crippen molar-refractivity contribution < 1.29 is 9.18 Å². The van der Waals surface area contributed by atoms with Crippen molar-refractivity contribution in [3.05, 3.63) is 77.7 Å². The Hall–Kier alpha value is -3.48. The molecule has 0 aliphatic rings. The van der Waals surface area contributed by atoms with Crippen molar-refractivity contribution in [2.45, 2.75) is 11.3 Å². The third-order valence-electron chi connectivity index (χ3n) is 4.23.